The second-order valence-electron chi connectivity index (χ2n) is 7.57. The van der Waals surface area contributed by atoms with Gasteiger partial charge in [0, 0.05) is 5.57 Å². The van der Waals surface area contributed by atoms with Crippen molar-refractivity contribution in [3.63, 3.8) is 0 Å². The van der Waals surface area contributed by atoms with Gasteiger partial charge in [0.25, 0.3) is 0 Å². The van der Waals surface area contributed by atoms with Gasteiger partial charge in [0.1, 0.15) is 0 Å². The van der Waals surface area contributed by atoms with Crippen LogP contribution >= 0.6 is 0 Å². The van der Waals surface area contributed by atoms with Crippen molar-refractivity contribution in [3.05, 3.63) is 88.1 Å². The Morgan fingerprint density at radius 3 is 2.31 bits per heavy atom. The number of hydrogen-bond acceptors (Lipinski definition) is 3. The molecule has 2 rings (SSSR count). The first-order valence-electron chi connectivity index (χ1n) is 9.88. The van der Waals surface area contributed by atoms with E-state index in [4.69, 9.17) is 0 Å². The van der Waals surface area contributed by atoms with Crippen LogP contribution in [-0.2, 0) is 9.84 Å². The lowest BCUT2D eigenvalue weighted by atomic mass is 9.87. The number of rotatable bonds is 6. The van der Waals surface area contributed by atoms with Gasteiger partial charge in [0.05, 0.1) is 22.6 Å². The summed E-state index contributed by atoms with van der Waals surface area (Å²) in [4.78, 5) is 0. The van der Waals surface area contributed by atoms with Gasteiger partial charge in [-0.05, 0) is 62.5 Å². The van der Waals surface area contributed by atoms with Crippen LogP contribution in [0.4, 0.5) is 0 Å². The number of nitrogens with zero attached hydrogens (tertiary/aromatic N) is 1. The molecule has 1 aliphatic rings. The summed E-state index contributed by atoms with van der Waals surface area (Å²) < 4.78 is 24.9. The van der Waals surface area contributed by atoms with E-state index in [1.807, 2.05) is 82.3 Å². The van der Waals surface area contributed by atoms with Crippen molar-refractivity contribution in [1.29, 1.82) is 5.26 Å². The fourth-order valence-corrected chi connectivity index (χ4v) is 4.87. The summed E-state index contributed by atoms with van der Waals surface area (Å²) in [6.07, 6.45) is 10.3. The first-order chi connectivity index (χ1) is 13.7. The molecule has 0 saturated heterocycles. The summed E-state index contributed by atoms with van der Waals surface area (Å²) in [7, 11) is -3.16. The molecule has 1 unspecified atom stereocenters. The highest BCUT2D eigenvalue weighted by Gasteiger charge is 2.22. The third-order valence-electron chi connectivity index (χ3n) is 4.92. The number of nitriles is 1. The van der Waals surface area contributed by atoms with Crippen LogP contribution < -0.4 is 0 Å². The molecule has 0 aromatic heterocycles. The van der Waals surface area contributed by atoms with Gasteiger partial charge in [-0.1, -0.05) is 61.1 Å². The van der Waals surface area contributed by atoms with E-state index >= 15 is 0 Å². The van der Waals surface area contributed by atoms with Gasteiger partial charge in [-0.25, -0.2) is 8.42 Å². The number of benzene rings is 1. The summed E-state index contributed by atoms with van der Waals surface area (Å²) in [5, 5.41) is 9.16. The van der Waals surface area contributed by atoms with E-state index in [2.05, 4.69) is 6.07 Å². The van der Waals surface area contributed by atoms with E-state index < -0.39 is 15.1 Å². The predicted molar refractivity (Wildman–Crippen MR) is 122 cm³/mol. The van der Waals surface area contributed by atoms with Gasteiger partial charge in [0.2, 0.25) is 0 Å². The zero-order chi connectivity index (χ0) is 21.6. The summed E-state index contributed by atoms with van der Waals surface area (Å²) in [6.45, 7) is 9.67. The number of allylic oxidation sites excluding steroid dienone is 10. The van der Waals surface area contributed by atoms with E-state index in [1.165, 1.54) is 0 Å². The Balaban J connectivity index is 2.62. The Morgan fingerprint density at radius 1 is 1.14 bits per heavy atom. The molecule has 1 aromatic rings. The lowest BCUT2D eigenvalue weighted by molar-refractivity contribution is 0.585. The van der Waals surface area contributed by atoms with Crippen LogP contribution in [0.25, 0.3) is 5.57 Å². The Morgan fingerprint density at radius 2 is 1.76 bits per heavy atom. The average molecular weight is 408 g/mol. The van der Waals surface area contributed by atoms with E-state index in [0.717, 1.165) is 33.4 Å². The minimum atomic E-state index is -3.16. The highest BCUT2D eigenvalue weighted by molar-refractivity contribution is 7.91. The lowest BCUT2D eigenvalue weighted by Crippen LogP contribution is -2.13. The SMILES string of the molecule is CCCS(=O)(=O)C(C)c1ccc(C2=C(C=C(C)C)C(C#N)=CC=CC=C2C)cc1. The highest BCUT2D eigenvalue weighted by Crippen LogP contribution is 2.34. The third-order valence-corrected chi connectivity index (χ3v) is 7.25. The molecule has 0 spiro atoms. The third kappa shape index (κ3) is 5.46. The van der Waals surface area contributed by atoms with Crippen LogP contribution in [0.2, 0.25) is 0 Å². The van der Waals surface area contributed by atoms with Crippen molar-refractivity contribution in [2.45, 2.75) is 46.3 Å². The van der Waals surface area contributed by atoms with Gasteiger partial charge in [0.15, 0.2) is 9.84 Å². The van der Waals surface area contributed by atoms with Crippen molar-refractivity contribution in [2.24, 2.45) is 0 Å². The maximum atomic E-state index is 12.4. The molecule has 4 heteroatoms. The van der Waals surface area contributed by atoms with Gasteiger partial charge in [-0.3, -0.25) is 0 Å². The molecule has 0 fully saturated rings. The Kier molecular flexibility index (Phi) is 7.59. The van der Waals surface area contributed by atoms with Gasteiger partial charge < -0.3 is 0 Å². The number of sulfone groups is 1. The summed E-state index contributed by atoms with van der Waals surface area (Å²) >= 11 is 0. The zero-order valence-electron chi connectivity index (χ0n) is 17.9. The van der Waals surface area contributed by atoms with E-state index in [0.29, 0.717) is 12.0 Å². The fourth-order valence-electron chi connectivity index (χ4n) is 3.38. The van der Waals surface area contributed by atoms with E-state index in [-0.39, 0.29) is 5.75 Å². The second kappa shape index (κ2) is 9.71. The van der Waals surface area contributed by atoms with Crippen molar-refractivity contribution < 1.29 is 8.42 Å². The van der Waals surface area contributed by atoms with Gasteiger partial charge in [-0.2, -0.15) is 5.26 Å². The van der Waals surface area contributed by atoms with Crippen LogP contribution in [0.1, 0.15) is 57.4 Å². The zero-order valence-corrected chi connectivity index (χ0v) is 18.7. The van der Waals surface area contributed by atoms with Crippen molar-refractivity contribution >= 4 is 15.4 Å². The molecule has 3 nitrogen and oxygen atoms in total. The Labute approximate surface area is 175 Å². The molecular formula is C25H29NO2S. The maximum absolute atomic E-state index is 12.4. The molecule has 0 aliphatic heterocycles. The molecule has 0 radical (unpaired) electrons. The maximum Gasteiger partial charge on any atom is 0.157 e. The average Bonchev–Trinajstić information content (AvgIpc) is 2.66. The van der Waals surface area contributed by atoms with Crippen LogP contribution in [0.5, 0.6) is 0 Å². The molecule has 29 heavy (non-hydrogen) atoms. The van der Waals surface area contributed by atoms with Crippen molar-refractivity contribution in [1.82, 2.24) is 0 Å². The van der Waals surface area contributed by atoms with Crippen LogP contribution in [0, 0.1) is 11.3 Å². The molecule has 0 amide bonds. The monoisotopic (exact) mass is 407 g/mol. The highest BCUT2D eigenvalue weighted by atomic mass is 32.2. The molecule has 0 bridgehead atoms. The second-order valence-corrected chi connectivity index (χ2v) is 10.0. The lowest BCUT2D eigenvalue weighted by Gasteiger charge is -2.17. The van der Waals surface area contributed by atoms with E-state index in [1.54, 1.807) is 6.92 Å². The minimum absolute atomic E-state index is 0.191. The fraction of sp³-hybridized carbons (Fsp3) is 0.320. The van der Waals surface area contributed by atoms with E-state index in [9.17, 15) is 13.7 Å². The Bertz CT molecular complexity index is 1050. The predicted octanol–water partition coefficient (Wildman–Crippen LogP) is 6.26. The van der Waals surface area contributed by atoms with Gasteiger partial charge >= 0.3 is 0 Å². The molecule has 0 N–H and O–H groups in total. The minimum Gasteiger partial charge on any atom is -0.228 e. The summed E-state index contributed by atoms with van der Waals surface area (Å²) in [5.41, 5.74) is 6.37. The Hall–Kier alpha value is -2.64. The molecule has 0 heterocycles. The topological polar surface area (TPSA) is 57.9 Å². The quantitative estimate of drug-likeness (QED) is 0.559. The smallest absolute Gasteiger partial charge is 0.157 e. The van der Waals surface area contributed by atoms with Crippen LogP contribution in [0.3, 0.4) is 0 Å². The number of hydrogen-bond donors (Lipinski definition) is 0. The molecule has 152 valence electrons. The normalized spacial score (nSPS) is 15.6. The molecule has 1 aromatic carbocycles. The molecule has 1 atom stereocenters. The van der Waals surface area contributed by atoms with Gasteiger partial charge in [-0.15, -0.1) is 0 Å². The van der Waals surface area contributed by atoms with Crippen molar-refractivity contribution in [3.8, 4) is 6.07 Å². The largest absolute Gasteiger partial charge is 0.228 e. The first kappa shape index (κ1) is 22.6. The summed E-state index contributed by atoms with van der Waals surface area (Å²) in [5.74, 6) is 0.191. The molecule has 0 saturated carbocycles. The summed E-state index contributed by atoms with van der Waals surface area (Å²) in [6, 6.07) is 10.0. The van der Waals surface area contributed by atoms with Crippen molar-refractivity contribution in [2.75, 3.05) is 5.75 Å². The molecular weight excluding hydrogens is 378 g/mol. The standard InChI is InChI=1S/C25H29NO2S/c1-6-15-29(27,28)20(5)21-11-13-22(14-12-21)25-19(4)9-7-8-10-23(17-26)24(25)16-18(2)3/h7-14,16,20H,6,15H2,1-5H3. The first-order valence-corrected chi connectivity index (χ1v) is 11.6. The van der Waals surface area contributed by atoms with Crippen LogP contribution in [-0.4, -0.2) is 14.2 Å². The molecule has 1 aliphatic carbocycles. The van der Waals surface area contributed by atoms with Crippen LogP contribution in [0.15, 0.2) is 76.9 Å².